The van der Waals surface area contributed by atoms with Gasteiger partial charge in [-0.15, -0.1) is 0 Å². The normalized spacial score (nSPS) is 10.6. The quantitative estimate of drug-likeness (QED) is 0.699. The molecule has 5 heteroatoms. The van der Waals surface area contributed by atoms with Crippen LogP contribution in [-0.2, 0) is 4.74 Å². The molecule has 0 fully saturated rings. The highest BCUT2D eigenvalue weighted by Crippen LogP contribution is 2.30. The first-order valence-electron chi connectivity index (χ1n) is 7.50. The maximum atomic E-state index is 13.2. The second-order valence-electron chi connectivity index (χ2n) is 5.21. The molecule has 0 bridgehead atoms. The van der Waals surface area contributed by atoms with E-state index < -0.39 is 5.97 Å². The van der Waals surface area contributed by atoms with Crippen molar-refractivity contribution in [2.45, 2.75) is 6.92 Å². The minimum Gasteiger partial charge on any atom is -0.461 e. The zero-order chi connectivity index (χ0) is 17.1. The van der Waals surface area contributed by atoms with Crippen LogP contribution < -0.4 is 0 Å². The molecule has 0 unspecified atom stereocenters. The van der Waals surface area contributed by atoms with Gasteiger partial charge in [0.05, 0.1) is 6.61 Å². The van der Waals surface area contributed by atoms with Crippen LogP contribution in [0.15, 0.2) is 54.6 Å². The van der Waals surface area contributed by atoms with Crippen molar-refractivity contribution < 1.29 is 18.3 Å². The summed E-state index contributed by atoms with van der Waals surface area (Å²) in [7, 11) is 0. The number of carbonyl (C=O) groups is 1. The van der Waals surface area contributed by atoms with Crippen LogP contribution in [-0.4, -0.2) is 17.6 Å². The van der Waals surface area contributed by atoms with Crippen molar-refractivity contribution in [3.05, 3.63) is 71.9 Å². The Kier molecular flexibility index (Phi) is 4.42. The van der Waals surface area contributed by atoms with Crippen molar-refractivity contribution >= 4 is 5.97 Å². The van der Waals surface area contributed by atoms with E-state index in [0.717, 1.165) is 5.56 Å². The average molecular weight is 327 g/mol. The highest BCUT2D eigenvalue weighted by molar-refractivity contribution is 5.97. The summed E-state index contributed by atoms with van der Waals surface area (Å²) in [6.45, 7) is 1.96. The van der Waals surface area contributed by atoms with Crippen LogP contribution in [0.5, 0.6) is 0 Å². The van der Waals surface area contributed by atoms with Gasteiger partial charge < -0.3 is 9.72 Å². The Balaban J connectivity index is 2.10. The van der Waals surface area contributed by atoms with Gasteiger partial charge in [-0.05, 0) is 60.5 Å². The lowest BCUT2D eigenvalue weighted by Gasteiger charge is -2.04. The summed E-state index contributed by atoms with van der Waals surface area (Å²) in [6.07, 6.45) is 0. The zero-order valence-electron chi connectivity index (χ0n) is 13.0. The summed E-state index contributed by atoms with van der Waals surface area (Å²) in [5.41, 5.74) is 2.95. The van der Waals surface area contributed by atoms with E-state index in [1.165, 1.54) is 24.3 Å². The van der Waals surface area contributed by atoms with Gasteiger partial charge in [0, 0.05) is 11.3 Å². The third kappa shape index (κ3) is 3.20. The number of H-pyrrole nitrogens is 1. The van der Waals surface area contributed by atoms with Crippen LogP contribution in [0.2, 0.25) is 0 Å². The Morgan fingerprint density at radius 3 is 2.04 bits per heavy atom. The molecule has 122 valence electrons. The predicted molar refractivity (Wildman–Crippen MR) is 87.5 cm³/mol. The molecule has 1 heterocycles. The summed E-state index contributed by atoms with van der Waals surface area (Å²) < 4.78 is 31.3. The van der Waals surface area contributed by atoms with E-state index in [-0.39, 0.29) is 23.9 Å². The number of nitrogens with one attached hydrogen (secondary N) is 1. The second kappa shape index (κ2) is 6.66. The monoisotopic (exact) mass is 327 g/mol. The summed E-state index contributed by atoms with van der Waals surface area (Å²) in [5.74, 6) is -1.19. The summed E-state index contributed by atoms with van der Waals surface area (Å²) >= 11 is 0. The Labute approximate surface area is 137 Å². The Hall–Kier alpha value is -2.95. The van der Waals surface area contributed by atoms with E-state index in [9.17, 15) is 13.6 Å². The van der Waals surface area contributed by atoms with E-state index in [0.29, 0.717) is 16.8 Å². The van der Waals surface area contributed by atoms with Crippen molar-refractivity contribution in [3.63, 3.8) is 0 Å². The van der Waals surface area contributed by atoms with E-state index >= 15 is 0 Å². The topological polar surface area (TPSA) is 42.1 Å². The Morgan fingerprint density at radius 2 is 1.50 bits per heavy atom. The number of rotatable bonds is 4. The minimum atomic E-state index is -0.495. The molecule has 0 amide bonds. The predicted octanol–water partition coefficient (Wildman–Crippen LogP) is 4.80. The molecule has 0 aliphatic carbocycles. The Bertz CT molecular complexity index is 852. The second-order valence-corrected chi connectivity index (χ2v) is 5.21. The molecule has 0 aliphatic rings. The SMILES string of the molecule is CCOC(=O)c1[nH]c(-c2ccc(F)cc2)cc1-c1ccc(F)cc1. The third-order valence-corrected chi connectivity index (χ3v) is 3.61. The fourth-order valence-corrected chi connectivity index (χ4v) is 2.46. The van der Waals surface area contributed by atoms with Gasteiger partial charge in [0.25, 0.3) is 0 Å². The van der Waals surface area contributed by atoms with Crippen molar-refractivity contribution in [1.82, 2.24) is 4.98 Å². The van der Waals surface area contributed by atoms with Crippen LogP contribution in [0.1, 0.15) is 17.4 Å². The van der Waals surface area contributed by atoms with Crippen LogP contribution in [0.3, 0.4) is 0 Å². The van der Waals surface area contributed by atoms with Crippen molar-refractivity contribution in [2.75, 3.05) is 6.61 Å². The molecule has 0 atom stereocenters. The molecule has 3 nitrogen and oxygen atoms in total. The fraction of sp³-hybridized carbons (Fsp3) is 0.105. The molecule has 0 saturated carbocycles. The number of aromatic nitrogens is 1. The first-order valence-corrected chi connectivity index (χ1v) is 7.50. The number of esters is 1. The summed E-state index contributed by atoms with van der Waals surface area (Å²) in [5, 5.41) is 0. The highest BCUT2D eigenvalue weighted by Gasteiger charge is 2.18. The van der Waals surface area contributed by atoms with Crippen LogP contribution in [0.4, 0.5) is 8.78 Å². The van der Waals surface area contributed by atoms with Gasteiger partial charge >= 0.3 is 5.97 Å². The molecule has 0 radical (unpaired) electrons. The zero-order valence-corrected chi connectivity index (χ0v) is 13.0. The number of ether oxygens (including phenoxy) is 1. The smallest absolute Gasteiger partial charge is 0.355 e. The lowest BCUT2D eigenvalue weighted by Crippen LogP contribution is -2.06. The first-order chi connectivity index (χ1) is 11.6. The number of aromatic amines is 1. The van der Waals surface area contributed by atoms with Crippen molar-refractivity contribution in [1.29, 1.82) is 0 Å². The van der Waals surface area contributed by atoms with Gasteiger partial charge in [0.1, 0.15) is 17.3 Å². The average Bonchev–Trinajstić information content (AvgIpc) is 3.02. The number of halogens is 2. The molecule has 3 aromatic rings. The third-order valence-electron chi connectivity index (χ3n) is 3.61. The molecule has 0 saturated heterocycles. The molecular weight excluding hydrogens is 312 g/mol. The highest BCUT2D eigenvalue weighted by atomic mass is 19.1. The van der Waals surface area contributed by atoms with Gasteiger partial charge in [0.2, 0.25) is 0 Å². The largest absolute Gasteiger partial charge is 0.461 e. The number of benzene rings is 2. The van der Waals surface area contributed by atoms with E-state index in [2.05, 4.69) is 4.98 Å². The standard InChI is InChI=1S/C19H15F2NO2/c1-2-24-19(23)18-16(12-3-7-14(20)8-4-12)11-17(22-18)13-5-9-15(21)10-6-13/h3-11,22H,2H2,1H3. The molecule has 1 aromatic heterocycles. The molecule has 1 N–H and O–H groups in total. The number of hydrogen-bond acceptors (Lipinski definition) is 2. The van der Waals surface area contributed by atoms with Crippen LogP contribution in [0, 0.1) is 11.6 Å². The van der Waals surface area contributed by atoms with Gasteiger partial charge in [0.15, 0.2) is 0 Å². The van der Waals surface area contributed by atoms with Gasteiger partial charge in [-0.2, -0.15) is 0 Å². The van der Waals surface area contributed by atoms with Crippen molar-refractivity contribution in [3.8, 4) is 22.4 Å². The molecule has 3 rings (SSSR count). The van der Waals surface area contributed by atoms with Crippen LogP contribution >= 0.6 is 0 Å². The lowest BCUT2D eigenvalue weighted by molar-refractivity contribution is 0.0521. The van der Waals surface area contributed by atoms with E-state index in [1.54, 1.807) is 37.3 Å². The summed E-state index contributed by atoms with van der Waals surface area (Å²) in [4.78, 5) is 15.2. The van der Waals surface area contributed by atoms with Gasteiger partial charge in [-0.3, -0.25) is 0 Å². The van der Waals surface area contributed by atoms with Crippen molar-refractivity contribution in [2.24, 2.45) is 0 Å². The van der Waals surface area contributed by atoms with E-state index in [1.807, 2.05) is 0 Å². The molecule has 24 heavy (non-hydrogen) atoms. The van der Waals surface area contributed by atoms with Gasteiger partial charge in [-0.1, -0.05) is 12.1 Å². The van der Waals surface area contributed by atoms with Crippen LogP contribution in [0.25, 0.3) is 22.4 Å². The minimum absolute atomic E-state index is 0.243. The van der Waals surface area contributed by atoms with E-state index in [4.69, 9.17) is 4.74 Å². The molecule has 0 aliphatic heterocycles. The lowest BCUT2D eigenvalue weighted by atomic mass is 10.0. The number of carbonyl (C=O) groups excluding carboxylic acids is 1. The van der Waals surface area contributed by atoms with Gasteiger partial charge in [-0.25, -0.2) is 13.6 Å². The molecule has 2 aromatic carbocycles. The Morgan fingerprint density at radius 1 is 0.958 bits per heavy atom. The fourth-order valence-electron chi connectivity index (χ4n) is 2.46. The molecule has 0 spiro atoms. The maximum absolute atomic E-state index is 13.2. The summed E-state index contributed by atoms with van der Waals surface area (Å²) in [6, 6.07) is 13.5. The first kappa shape index (κ1) is 15.9. The maximum Gasteiger partial charge on any atom is 0.355 e. The molecular formula is C19H15F2NO2. The number of hydrogen-bond donors (Lipinski definition) is 1.